The van der Waals surface area contributed by atoms with Crippen LogP contribution in [0, 0.1) is 6.92 Å². The monoisotopic (exact) mass is 448 g/mol. The van der Waals surface area contributed by atoms with E-state index < -0.39 is 0 Å². The third-order valence-corrected chi connectivity index (χ3v) is 6.90. The average molecular weight is 449 g/mol. The maximum absolute atomic E-state index is 4.72. The van der Waals surface area contributed by atoms with Gasteiger partial charge in [-0.1, -0.05) is 54.7 Å². The molecule has 2 heterocycles. The second kappa shape index (κ2) is 9.78. The van der Waals surface area contributed by atoms with Gasteiger partial charge in [0.25, 0.3) is 0 Å². The number of aromatic amines is 1. The fourth-order valence-electron chi connectivity index (χ4n) is 4.97. The Morgan fingerprint density at radius 3 is 2.79 bits per heavy atom. The van der Waals surface area contributed by atoms with Gasteiger partial charge >= 0.3 is 0 Å². The second-order valence-corrected chi connectivity index (χ2v) is 9.42. The molecule has 4 nitrogen and oxygen atoms in total. The van der Waals surface area contributed by atoms with Crippen molar-refractivity contribution in [3.63, 3.8) is 0 Å². The Kier molecular flexibility index (Phi) is 6.41. The van der Waals surface area contributed by atoms with Gasteiger partial charge in [0.15, 0.2) is 0 Å². The number of benzene rings is 1. The van der Waals surface area contributed by atoms with Gasteiger partial charge in [0.1, 0.15) is 0 Å². The zero-order chi connectivity index (χ0) is 23.5. The topological polar surface area (TPSA) is 44.8 Å². The molecule has 0 saturated carbocycles. The van der Waals surface area contributed by atoms with Crippen molar-refractivity contribution in [3.8, 4) is 22.5 Å². The number of hydrogen-bond donors (Lipinski definition) is 1. The van der Waals surface area contributed by atoms with Crippen molar-refractivity contribution >= 4 is 11.6 Å². The van der Waals surface area contributed by atoms with Crippen molar-refractivity contribution in [2.75, 3.05) is 14.1 Å². The number of allylic oxidation sites excluding steroid dienone is 6. The molecule has 3 aromatic rings. The van der Waals surface area contributed by atoms with E-state index in [0.717, 1.165) is 41.1 Å². The van der Waals surface area contributed by atoms with Crippen LogP contribution in [0.15, 0.2) is 78.5 Å². The van der Waals surface area contributed by atoms with Gasteiger partial charge in [-0.2, -0.15) is 5.10 Å². The van der Waals surface area contributed by atoms with Crippen molar-refractivity contribution < 1.29 is 0 Å². The lowest BCUT2D eigenvalue weighted by molar-refractivity contribution is 0.279. The third kappa shape index (κ3) is 4.59. The molecule has 0 fully saturated rings. The minimum absolute atomic E-state index is 0.614. The number of nitrogens with one attached hydrogen (secondary N) is 1. The molecular formula is C30H32N4. The fourth-order valence-corrected chi connectivity index (χ4v) is 4.97. The van der Waals surface area contributed by atoms with Crippen LogP contribution in [-0.4, -0.2) is 40.2 Å². The summed E-state index contributed by atoms with van der Waals surface area (Å²) >= 11 is 0. The SMILES string of the molecule is Cc1cccc(-c2[nH]ncc2-c2ccc3c(c2)C(C2=CC[C@@H](N(C)C)CCC2)=CC=CC=C3)n1. The van der Waals surface area contributed by atoms with Gasteiger partial charge in [-0.05, 0) is 92.7 Å². The fraction of sp³-hybridized carbons (Fsp3) is 0.267. The van der Waals surface area contributed by atoms with Crippen LogP contribution in [0.1, 0.15) is 42.5 Å². The van der Waals surface area contributed by atoms with Crippen molar-refractivity contribution in [1.29, 1.82) is 0 Å². The first-order chi connectivity index (χ1) is 16.6. The van der Waals surface area contributed by atoms with Gasteiger partial charge < -0.3 is 4.90 Å². The van der Waals surface area contributed by atoms with Gasteiger partial charge in [0.2, 0.25) is 0 Å². The molecule has 0 amide bonds. The molecule has 0 bridgehead atoms. The van der Waals surface area contributed by atoms with Crippen LogP contribution in [0.25, 0.3) is 34.2 Å². The van der Waals surface area contributed by atoms with E-state index in [0.29, 0.717) is 6.04 Å². The molecular weight excluding hydrogens is 416 g/mol. The number of nitrogens with zero attached hydrogens (tertiary/aromatic N) is 3. The van der Waals surface area contributed by atoms with Crippen LogP contribution in [0.2, 0.25) is 0 Å². The number of fused-ring (bicyclic) bond motifs is 1. The molecule has 1 aromatic carbocycles. The molecule has 0 saturated heterocycles. The summed E-state index contributed by atoms with van der Waals surface area (Å²) < 4.78 is 0. The van der Waals surface area contributed by atoms with Crippen LogP contribution in [0.5, 0.6) is 0 Å². The largest absolute Gasteiger partial charge is 0.306 e. The van der Waals surface area contributed by atoms with Crippen LogP contribution < -0.4 is 0 Å². The summed E-state index contributed by atoms with van der Waals surface area (Å²) in [7, 11) is 4.39. The van der Waals surface area contributed by atoms with E-state index in [1.807, 2.05) is 31.3 Å². The summed E-state index contributed by atoms with van der Waals surface area (Å²) in [5.74, 6) is 0. The highest BCUT2D eigenvalue weighted by Crippen LogP contribution is 2.37. The summed E-state index contributed by atoms with van der Waals surface area (Å²) in [5, 5.41) is 7.56. The molecule has 0 aliphatic heterocycles. The number of pyridine rings is 1. The third-order valence-electron chi connectivity index (χ3n) is 6.90. The van der Waals surface area contributed by atoms with Gasteiger partial charge in [-0.25, -0.2) is 0 Å². The van der Waals surface area contributed by atoms with E-state index >= 15 is 0 Å². The maximum Gasteiger partial charge on any atom is 0.0912 e. The number of aryl methyl sites for hydroxylation is 1. The summed E-state index contributed by atoms with van der Waals surface area (Å²) in [6.07, 6.45) is 19.9. The quantitative estimate of drug-likeness (QED) is 0.475. The smallest absolute Gasteiger partial charge is 0.0912 e. The lowest BCUT2D eigenvalue weighted by Crippen LogP contribution is -2.26. The van der Waals surface area contributed by atoms with Crippen LogP contribution in [0.4, 0.5) is 0 Å². The highest BCUT2D eigenvalue weighted by Gasteiger charge is 2.20. The predicted molar refractivity (Wildman–Crippen MR) is 142 cm³/mol. The molecule has 2 aliphatic rings. The normalized spacial score (nSPS) is 18.1. The summed E-state index contributed by atoms with van der Waals surface area (Å²) in [5.41, 5.74) is 10.4. The van der Waals surface area contributed by atoms with Crippen molar-refractivity contribution in [2.24, 2.45) is 0 Å². The van der Waals surface area contributed by atoms with Gasteiger partial charge in [-0.15, -0.1) is 0 Å². The van der Waals surface area contributed by atoms with Crippen LogP contribution >= 0.6 is 0 Å². The lowest BCUT2D eigenvalue weighted by atomic mass is 9.87. The highest BCUT2D eigenvalue weighted by molar-refractivity contribution is 5.89. The molecule has 0 spiro atoms. The maximum atomic E-state index is 4.72. The van der Waals surface area contributed by atoms with E-state index in [1.165, 1.54) is 35.1 Å². The number of rotatable bonds is 4. The summed E-state index contributed by atoms with van der Waals surface area (Å²) in [6, 6.07) is 13.5. The molecule has 34 heavy (non-hydrogen) atoms. The Hall–Kier alpha value is -3.50. The summed E-state index contributed by atoms with van der Waals surface area (Å²) in [6.45, 7) is 2.02. The van der Waals surface area contributed by atoms with Crippen LogP contribution in [-0.2, 0) is 0 Å². The van der Waals surface area contributed by atoms with Crippen molar-refractivity contribution in [3.05, 3.63) is 95.4 Å². The van der Waals surface area contributed by atoms with Gasteiger partial charge in [0.05, 0.1) is 17.6 Å². The number of H-pyrrole nitrogens is 1. The van der Waals surface area contributed by atoms with E-state index in [2.05, 4.69) is 83.8 Å². The first-order valence-electron chi connectivity index (χ1n) is 12.1. The molecule has 172 valence electrons. The highest BCUT2D eigenvalue weighted by atomic mass is 15.1. The average Bonchev–Trinajstić information content (AvgIpc) is 3.18. The minimum Gasteiger partial charge on any atom is -0.306 e. The van der Waals surface area contributed by atoms with E-state index in [1.54, 1.807) is 0 Å². The second-order valence-electron chi connectivity index (χ2n) is 9.42. The number of hydrogen-bond acceptors (Lipinski definition) is 3. The number of aromatic nitrogens is 3. The zero-order valence-electron chi connectivity index (χ0n) is 20.3. The Morgan fingerprint density at radius 1 is 1.03 bits per heavy atom. The molecule has 2 aliphatic carbocycles. The molecule has 1 atom stereocenters. The van der Waals surface area contributed by atoms with Gasteiger partial charge in [-0.3, -0.25) is 10.1 Å². The van der Waals surface area contributed by atoms with Crippen molar-refractivity contribution in [1.82, 2.24) is 20.1 Å². The first-order valence-corrected chi connectivity index (χ1v) is 12.1. The Bertz CT molecular complexity index is 1300. The molecule has 1 N–H and O–H groups in total. The van der Waals surface area contributed by atoms with E-state index in [4.69, 9.17) is 4.98 Å². The molecule has 2 aromatic heterocycles. The predicted octanol–water partition coefficient (Wildman–Crippen LogP) is 6.84. The molecule has 4 heteroatoms. The first kappa shape index (κ1) is 22.3. The Morgan fingerprint density at radius 2 is 1.94 bits per heavy atom. The van der Waals surface area contributed by atoms with Crippen molar-refractivity contribution in [2.45, 2.75) is 38.6 Å². The Labute approximate surface area is 202 Å². The molecule has 0 unspecified atom stereocenters. The summed E-state index contributed by atoms with van der Waals surface area (Å²) in [4.78, 5) is 7.08. The minimum atomic E-state index is 0.614. The molecule has 0 radical (unpaired) electrons. The van der Waals surface area contributed by atoms with Crippen LogP contribution in [0.3, 0.4) is 0 Å². The van der Waals surface area contributed by atoms with E-state index in [9.17, 15) is 0 Å². The standard InChI is InChI=1S/C30H32N4/c1-21-9-7-14-29(32-21)30-28(20-31-33-30)24-16-15-23-10-5-4-6-13-26(27(23)19-24)22-11-8-12-25(18-17-22)34(2)3/h4-7,9-10,13-17,19-20,25H,8,11-12,18H2,1-3H3,(H,31,33)/t25-/m0/s1. The van der Waals surface area contributed by atoms with Gasteiger partial charge in [0, 0.05) is 17.3 Å². The molecule has 5 rings (SSSR count). The zero-order valence-corrected chi connectivity index (χ0v) is 20.3. The Balaban J connectivity index is 1.58. The lowest BCUT2D eigenvalue weighted by Gasteiger charge is -2.21. The van der Waals surface area contributed by atoms with E-state index in [-0.39, 0.29) is 0 Å².